The van der Waals surface area contributed by atoms with Crippen LogP contribution in [-0.2, 0) is 21.6 Å². The first-order valence-corrected chi connectivity index (χ1v) is 11.8. The number of aryl methyl sites for hydroxylation is 1. The number of nitrogens with one attached hydrogen (secondary N) is 1. The molecule has 0 radical (unpaired) electrons. The molecule has 29 heavy (non-hydrogen) atoms. The Labute approximate surface area is 171 Å². The second-order valence-electron chi connectivity index (χ2n) is 8.12. The quantitative estimate of drug-likeness (QED) is 0.774. The van der Waals surface area contributed by atoms with Gasteiger partial charge in [0.2, 0.25) is 0 Å². The summed E-state index contributed by atoms with van der Waals surface area (Å²) < 4.78 is 31.2. The van der Waals surface area contributed by atoms with Gasteiger partial charge < -0.3 is 19.5 Å². The van der Waals surface area contributed by atoms with Gasteiger partial charge in [0, 0.05) is 51.0 Å². The van der Waals surface area contributed by atoms with Gasteiger partial charge in [0.15, 0.2) is 9.84 Å². The SMILES string of the molecule is COCC(C)N1C=C2C=C(CS(C)(=O)=O)c3ccn(C)c(=O)c3C3=C2C1CCN3. The lowest BCUT2D eigenvalue weighted by Gasteiger charge is -2.35. The highest BCUT2D eigenvalue weighted by Gasteiger charge is 2.39. The first-order chi connectivity index (χ1) is 13.7. The molecule has 2 unspecified atom stereocenters. The first kappa shape index (κ1) is 20.0. The van der Waals surface area contributed by atoms with E-state index in [-0.39, 0.29) is 23.4 Å². The van der Waals surface area contributed by atoms with Crippen LogP contribution < -0.4 is 10.9 Å². The highest BCUT2D eigenvalue weighted by molar-refractivity contribution is 7.91. The average molecular weight is 418 g/mol. The van der Waals surface area contributed by atoms with Crippen molar-refractivity contribution in [2.24, 2.45) is 7.05 Å². The van der Waals surface area contributed by atoms with E-state index in [1.807, 2.05) is 12.1 Å². The molecule has 1 N–H and O–H groups in total. The van der Waals surface area contributed by atoms with Crippen molar-refractivity contribution < 1.29 is 13.2 Å². The highest BCUT2D eigenvalue weighted by atomic mass is 32.2. The Bertz CT molecular complexity index is 1110. The molecule has 7 nitrogen and oxygen atoms in total. The van der Waals surface area contributed by atoms with Gasteiger partial charge in [0.1, 0.15) is 0 Å². The van der Waals surface area contributed by atoms with E-state index < -0.39 is 9.84 Å². The number of sulfone groups is 1. The fraction of sp³-hybridized carbons (Fsp3) is 0.476. The molecule has 0 fully saturated rings. The number of aromatic nitrogens is 1. The number of hydrogen-bond donors (Lipinski definition) is 1. The van der Waals surface area contributed by atoms with E-state index in [4.69, 9.17) is 4.74 Å². The van der Waals surface area contributed by atoms with Crippen LogP contribution in [-0.4, -0.2) is 62.2 Å². The van der Waals surface area contributed by atoms with Gasteiger partial charge in [0.25, 0.3) is 5.56 Å². The van der Waals surface area contributed by atoms with E-state index in [1.165, 1.54) is 6.26 Å². The van der Waals surface area contributed by atoms with Gasteiger partial charge in [-0.1, -0.05) is 0 Å². The number of nitrogens with zero attached hydrogens (tertiary/aromatic N) is 2. The third-order valence-corrected chi connectivity index (χ3v) is 6.65. The predicted molar refractivity (Wildman–Crippen MR) is 114 cm³/mol. The smallest absolute Gasteiger partial charge is 0.260 e. The van der Waals surface area contributed by atoms with Crippen LogP contribution in [0.2, 0.25) is 0 Å². The monoisotopic (exact) mass is 417 g/mol. The third kappa shape index (κ3) is 3.44. The molecule has 0 spiro atoms. The molecule has 3 aliphatic rings. The number of fused-ring (bicyclic) bond motifs is 2. The molecule has 0 aromatic carbocycles. The van der Waals surface area contributed by atoms with Crippen LogP contribution in [0, 0.1) is 0 Å². The summed E-state index contributed by atoms with van der Waals surface area (Å²) in [4.78, 5) is 15.4. The van der Waals surface area contributed by atoms with Crippen molar-refractivity contribution in [3.05, 3.63) is 57.2 Å². The van der Waals surface area contributed by atoms with E-state index in [0.29, 0.717) is 23.3 Å². The van der Waals surface area contributed by atoms with Crippen LogP contribution in [0.4, 0.5) is 0 Å². The summed E-state index contributed by atoms with van der Waals surface area (Å²) in [5, 5.41) is 3.45. The van der Waals surface area contributed by atoms with Crippen molar-refractivity contribution in [3.63, 3.8) is 0 Å². The Hall–Kier alpha value is -2.32. The molecule has 1 aliphatic carbocycles. The zero-order chi connectivity index (χ0) is 20.9. The Balaban J connectivity index is 1.98. The molecule has 156 valence electrons. The van der Waals surface area contributed by atoms with Crippen LogP contribution in [0.5, 0.6) is 0 Å². The number of allylic oxidation sites excluding steroid dienone is 1. The van der Waals surface area contributed by atoms with Gasteiger partial charge in [-0.3, -0.25) is 4.79 Å². The molecular weight excluding hydrogens is 390 g/mol. The molecule has 2 atom stereocenters. The lowest BCUT2D eigenvalue weighted by molar-refractivity contribution is 0.114. The summed E-state index contributed by atoms with van der Waals surface area (Å²) in [6.45, 7) is 3.45. The minimum absolute atomic E-state index is 0.108. The zero-order valence-electron chi connectivity index (χ0n) is 17.2. The van der Waals surface area contributed by atoms with Crippen LogP contribution >= 0.6 is 0 Å². The van der Waals surface area contributed by atoms with Crippen molar-refractivity contribution in [2.75, 3.05) is 32.3 Å². The molecule has 1 aromatic rings. The lowest BCUT2D eigenvalue weighted by atomic mass is 9.92. The van der Waals surface area contributed by atoms with Gasteiger partial charge in [-0.2, -0.15) is 0 Å². The Kier molecular flexibility index (Phi) is 4.94. The Morgan fingerprint density at radius 1 is 1.38 bits per heavy atom. The normalized spacial score (nSPS) is 21.7. The summed E-state index contributed by atoms with van der Waals surface area (Å²) in [5.41, 5.74) is 4.67. The van der Waals surface area contributed by atoms with E-state index in [0.717, 1.165) is 29.8 Å². The predicted octanol–water partition coefficient (Wildman–Crippen LogP) is 1.13. The largest absolute Gasteiger partial charge is 0.384 e. The fourth-order valence-corrected chi connectivity index (χ4v) is 5.40. The summed E-state index contributed by atoms with van der Waals surface area (Å²) in [6.07, 6.45) is 7.87. The van der Waals surface area contributed by atoms with Crippen molar-refractivity contribution in [2.45, 2.75) is 25.4 Å². The van der Waals surface area contributed by atoms with E-state index in [9.17, 15) is 13.2 Å². The van der Waals surface area contributed by atoms with E-state index in [2.05, 4.69) is 23.3 Å². The molecular formula is C21H27N3O4S. The van der Waals surface area contributed by atoms with Crippen molar-refractivity contribution in [3.8, 4) is 0 Å². The van der Waals surface area contributed by atoms with E-state index >= 15 is 0 Å². The Morgan fingerprint density at radius 2 is 2.14 bits per heavy atom. The van der Waals surface area contributed by atoms with Gasteiger partial charge in [-0.05, 0) is 42.2 Å². The zero-order valence-corrected chi connectivity index (χ0v) is 18.0. The summed E-state index contributed by atoms with van der Waals surface area (Å²) in [5.74, 6) is -0.108. The number of pyridine rings is 1. The summed E-state index contributed by atoms with van der Waals surface area (Å²) in [6, 6.07) is 2.15. The van der Waals surface area contributed by atoms with E-state index in [1.54, 1.807) is 24.9 Å². The second-order valence-corrected chi connectivity index (χ2v) is 10.3. The maximum absolute atomic E-state index is 13.1. The van der Waals surface area contributed by atoms with Crippen LogP contribution in [0.25, 0.3) is 11.3 Å². The Morgan fingerprint density at radius 3 is 2.83 bits per heavy atom. The fourth-order valence-electron chi connectivity index (χ4n) is 4.60. The van der Waals surface area contributed by atoms with Crippen molar-refractivity contribution >= 4 is 21.1 Å². The number of methoxy groups -OCH3 is 1. The standard InChI is InChI=1S/C21H27N3O4S/c1-13(11-28-3)24-10-14-9-15(12-29(4,26)27)16-6-8-23(2)21(25)19(16)20-18(14)17(24)5-7-22-20/h6,8-10,13,17,22H,5,7,11-12H2,1-4H3. The summed E-state index contributed by atoms with van der Waals surface area (Å²) >= 11 is 0. The van der Waals surface area contributed by atoms with Gasteiger partial charge >= 0.3 is 0 Å². The molecule has 4 rings (SSSR count). The van der Waals surface area contributed by atoms with Gasteiger partial charge in [0.05, 0.1) is 29.7 Å². The molecule has 0 saturated carbocycles. The molecule has 3 heterocycles. The molecule has 2 aliphatic heterocycles. The van der Waals surface area contributed by atoms with Gasteiger partial charge in [-0.15, -0.1) is 0 Å². The molecule has 8 heteroatoms. The second kappa shape index (κ2) is 7.18. The molecule has 0 amide bonds. The van der Waals surface area contributed by atoms with Crippen molar-refractivity contribution in [1.82, 2.24) is 14.8 Å². The number of rotatable bonds is 5. The van der Waals surface area contributed by atoms with Gasteiger partial charge in [-0.25, -0.2) is 8.42 Å². The van der Waals surface area contributed by atoms with Crippen molar-refractivity contribution in [1.29, 1.82) is 0 Å². The molecule has 0 bridgehead atoms. The third-order valence-electron chi connectivity index (χ3n) is 5.81. The minimum Gasteiger partial charge on any atom is -0.384 e. The topological polar surface area (TPSA) is 80.6 Å². The lowest BCUT2D eigenvalue weighted by Crippen LogP contribution is -2.43. The average Bonchev–Trinajstić information content (AvgIpc) is 2.95. The molecule has 1 aromatic heterocycles. The molecule has 0 saturated heterocycles. The minimum atomic E-state index is -3.27. The maximum atomic E-state index is 13.1. The highest BCUT2D eigenvalue weighted by Crippen LogP contribution is 2.43. The first-order valence-electron chi connectivity index (χ1n) is 9.76. The van der Waals surface area contributed by atoms with Crippen LogP contribution in [0.15, 0.2) is 40.5 Å². The maximum Gasteiger partial charge on any atom is 0.260 e. The van der Waals surface area contributed by atoms with Crippen LogP contribution in [0.3, 0.4) is 0 Å². The van der Waals surface area contributed by atoms with Crippen LogP contribution in [0.1, 0.15) is 24.5 Å². The number of ether oxygens (including phenoxy) is 1. The summed E-state index contributed by atoms with van der Waals surface area (Å²) in [7, 11) is 0.137. The number of hydrogen-bond acceptors (Lipinski definition) is 6.